The molecule has 0 unspecified atom stereocenters. The molecule has 0 atom stereocenters. The van der Waals surface area contributed by atoms with Crippen LogP contribution in [0.3, 0.4) is 0 Å². The van der Waals surface area contributed by atoms with Gasteiger partial charge in [0.15, 0.2) is 0 Å². The van der Waals surface area contributed by atoms with Crippen LogP contribution in [0.5, 0.6) is 5.75 Å². The Morgan fingerprint density at radius 3 is 2.41 bits per heavy atom. The van der Waals surface area contributed by atoms with E-state index in [1.807, 2.05) is 89.5 Å². The Bertz CT molecular complexity index is 1300. The maximum absolute atomic E-state index is 13.4. The van der Waals surface area contributed by atoms with Gasteiger partial charge in [-0.15, -0.1) is 0 Å². The number of methoxy groups -OCH3 is 1. The van der Waals surface area contributed by atoms with Crippen LogP contribution in [0.25, 0.3) is 6.08 Å². The van der Waals surface area contributed by atoms with E-state index >= 15 is 0 Å². The molecule has 3 amide bonds. The van der Waals surface area contributed by atoms with E-state index in [4.69, 9.17) is 16.3 Å². The van der Waals surface area contributed by atoms with Crippen molar-refractivity contribution in [2.75, 3.05) is 58.2 Å². The second-order valence-corrected chi connectivity index (χ2v) is 9.86. The van der Waals surface area contributed by atoms with Crippen molar-refractivity contribution in [1.29, 1.82) is 0 Å². The minimum absolute atomic E-state index is 0.0825. The number of carbonyl (C=O) groups is 2. The monoisotopic (exact) mass is 546 g/mol. The molecule has 0 spiro atoms. The van der Waals surface area contributed by atoms with Crippen LogP contribution in [-0.2, 0) is 0 Å². The van der Waals surface area contributed by atoms with Crippen LogP contribution in [0.4, 0.5) is 10.5 Å². The fourth-order valence-electron chi connectivity index (χ4n) is 4.54. The Morgan fingerprint density at radius 1 is 0.974 bits per heavy atom. The summed E-state index contributed by atoms with van der Waals surface area (Å²) in [5, 5.41) is 3.45. The first-order chi connectivity index (χ1) is 19.0. The molecule has 39 heavy (non-hydrogen) atoms. The van der Waals surface area contributed by atoms with Gasteiger partial charge in [-0.25, -0.2) is 4.79 Å². The average molecular weight is 547 g/mol. The van der Waals surface area contributed by atoms with E-state index in [1.165, 1.54) is 0 Å². The van der Waals surface area contributed by atoms with Crippen molar-refractivity contribution in [2.24, 2.45) is 0 Å². The van der Waals surface area contributed by atoms with Crippen molar-refractivity contribution in [3.8, 4) is 5.75 Å². The van der Waals surface area contributed by atoms with E-state index in [1.54, 1.807) is 19.2 Å². The van der Waals surface area contributed by atoms with Crippen molar-refractivity contribution in [3.63, 3.8) is 0 Å². The molecule has 1 heterocycles. The van der Waals surface area contributed by atoms with Gasteiger partial charge in [-0.2, -0.15) is 0 Å². The number of piperazine rings is 1. The van der Waals surface area contributed by atoms with Gasteiger partial charge in [0.25, 0.3) is 5.91 Å². The molecule has 0 saturated carbocycles. The molecule has 1 aliphatic heterocycles. The largest absolute Gasteiger partial charge is 0.496 e. The van der Waals surface area contributed by atoms with Gasteiger partial charge >= 0.3 is 6.03 Å². The van der Waals surface area contributed by atoms with Gasteiger partial charge < -0.3 is 19.9 Å². The summed E-state index contributed by atoms with van der Waals surface area (Å²) < 4.78 is 5.44. The van der Waals surface area contributed by atoms with E-state index < -0.39 is 0 Å². The van der Waals surface area contributed by atoms with E-state index in [0.29, 0.717) is 43.3 Å². The molecule has 7 nitrogen and oxygen atoms in total. The van der Waals surface area contributed by atoms with E-state index in [2.05, 4.69) is 10.2 Å². The summed E-state index contributed by atoms with van der Waals surface area (Å²) in [5.74, 6) is 0.670. The minimum atomic E-state index is -0.110. The van der Waals surface area contributed by atoms with Crippen LogP contribution in [0.2, 0.25) is 5.02 Å². The number of ether oxygens (including phenoxy) is 1. The van der Waals surface area contributed by atoms with Gasteiger partial charge in [-0.05, 0) is 36.8 Å². The number of hydrogen-bond acceptors (Lipinski definition) is 4. The lowest BCUT2D eigenvalue weighted by Crippen LogP contribution is -2.51. The SMILES string of the molecule is COc1ccccc1/C=C/CN(CCN1CCN(C(=O)Nc2ccccc2C)CC1)C(=O)c1ccccc1Cl. The average Bonchev–Trinajstić information content (AvgIpc) is 2.96. The number of nitrogens with one attached hydrogen (secondary N) is 1. The summed E-state index contributed by atoms with van der Waals surface area (Å²) in [6, 6.07) is 22.6. The van der Waals surface area contributed by atoms with Gasteiger partial charge in [-0.3, -0.25) is 9.69 Å². The first kappa shape index (κ1) is 28.2. The third kappa shape index (κ3) is 7.62. The molecule has 0 radical (unpaired) electrons. The normalized spacial score (nSPS) is 13.9. The number of benzene rings is 3. The Hall–Kier alpha value is -3.81. The van der Waals surface area contributed by atoms with Crippen LogP contribution in [-0.4, -0.2) is 79.6 Å². The topological polar surface area (TPSA) is 65.1 Å². The molecule has 1 fully saturated rings. The molecule has 1 saturated heterocycles. The highest BCUT2D eigenvalue weighted by Gasteiger charge is 2.23. The first-order valence-corrected chi connectivity index (χ1v) is 13.5. The molecule has 0 bridgehead atoms. The highest BCUT2D eigenvalue weighted by molar-refractivity contribution is 6.33. The number of para-hydroxylation sites is 2. The standard InChI is InChI=1S/C31H35ClN4O3/c1-24-10-3-7-15-28(24)33-31(38)36-22-19-34(20-23-36)18-21-35(30(37)26-13-5-6-14-27(26)32)17-9-12-25-11-4-8-16-29(25)39-2/h3-16H,17-23H2,1-2H3,(H,33,38)/b12-9+. The van der Waals surface area contributed by atoms with Gasteiger partial charge in [0, 0.05) is 57.1 Å². The highest BCUT2D eigenvalue weighted by Crippen LogP contribution is 2.20. The molecule has 1 aliphatic rings. The van der Waals surface area contributed by atoms with E-state index in [9.17, 15) is 9.59 Å². The number of halogens is 1. The van der Waals surface area contributed by atoms with Crippen molar-refractivity contribution in [3.05, 3.63) is 101 Å². The summed E-state index contributed by atoms with van der Waals surface area (Å²) in [4.78, 5) is 32.2. The zero-order chi connectivity index (χ0) is 27.6. The van der Waals surface area contributed by atoms with Crippen LogP contribution < -0.4 is 10.1 Å². The second-order valence-electron chi connectivity index (χ2n) is 9.45. The van der Waals surface area contributed by atoms with Crippen molar-refractivity contribution < 1.29 is 14.3 Å². The molecular formula is C31H35ClN4O3. The van der Waals surface area contributed by atoms with E-state index in [0.717, 1.165) is 35.7 Å². The molecule has 0 aromatic heterocycles. The smallest absolute Gasteiger partial charge is 0.321 e. The summed E-state index contributed by atoms with van der Waals surface area (Å²) in [6.07, 6.45) is 3.94. The number of carbonyl (C=O) groups excluding carboxylic acids is 2. The predicted molar refractivity (Wildman–Crippen MR) is 158 cm³/mol. The van der Waals surface area contributed by atoms with Crippen LogP contribution in [0.1, 0.15) is 21.5 Å². The Balaban J connectivity index is 1.36. The van der Waals surface area contributed by atoms with Crippen molar-refractivity contribution >= 4 is 35.3 Å². The van der Waals surface area contributed by atoms with Crippen molar-refractivity contribution in [2.45, 2.75) is 6.92 Å². The highest BCUT2D eigenvalue weighted by atomic mass is 35.5. The zero-order valence-corrected chi connectivity index (χ0v) is 23.2. The molecule has 3 aromatic rings. The lowest BCUT2D eigenvalue weighted by molar-refractivity contribution is 0.0739. The quantitative estimate of drug-likeness (QED) is 0.376. The molecule has 3 aromatic carbocycles. The molecule has 0 aliphatic carbocycles. The Kier molecular flexibility index (Phi) is 10.00. The second kappa shape index (κ2) is 13.8. The van der Waals surface area contributed by atoms with Crippen LogP contribution in [0.15, 0.2) is 78.9 Å². The number of hydrogen-bond donors (Lipinski definition) is 1. The number of anilines is 1. The lowest BCUT2D eigenvalue weighted by atomic mass is 10.1. The van der Waals surface area contributed by atoms with Gasteiger partial charge in [0.1, 0.15) is 5.75 Å². The Morgan fingerprint density at radius 2 is 1.67 bits per heavy atom. The number of rotatable bonds is 9. The predicted octanol–water partition coefficient (Wildman–Crippen LogP) is 5.66. The minimum Gasteiger partial charge on any atom is -0.496 e. The van der Waals surface area contributed by atoms with Gasteiger partial charge in [0.2, 0.25) is 0 Å². The first-order valence-electron chi connectivity index (χ1n) is 13.1. The maximum atomic E-state index is 13.4. The summed E-state index contributed by atoms with van der Waals surface area (Å²) in [7, 11) is 1.64. The zero-order valence-electron chi connectivity index (χ0n) is 22.5. The number of aryl methyl sites for hydroxylation is 1. The summed E-state index contributed by atoms with van der Waals surface area (Å²) in [6.45, 7) is 6.39. The lowest BCUT2D eigenvalue weighted by Gasteiger charge is -2.35. The fourth-order valence-corrected chi connectivity index (χ4v) is 4.75. The number of nitrogens with zero attached hydrogens (tertiary/aromatic N) is 3. The molecule has 1 N–H and O–H groups in total. The molecule has 4 rings (SSSR count). The fraction of sp³-hybridized carbons (Fsp3) is 0.290. The molecule has 204 valence electrons. The van der Waals surface area contributed by atoms with Gasteiger partial charge in [-0.1, -0.05) is 72.3 Å². The summed E-state index contributed by atoms with van der Waals surface area (Å²) >= 11 is 6.36. The van der Waals surface area contributed by atoms with Crippen molar-refractivity contribution in [1.82, 2.24) is 14.7 Å². The van der Waals surface area contributed by atoms with Crippen LogP contribution in [0, 0.1) is 6.92 Å². The molecular weight excluding hydrogens is 512 g/mol. The third-order valence-corrected chi connectivity index (χ3v) is 7.22. The number of amides is 3. The van der Waals surface area contributed by atoms with Gasteiger partial charge in [0.05, 0.1) is 17.7 Å². The molecule has 8 heteroatoms. The van der Waals surface area contributed by atoms with E-state index in [-0.39, 0.29) is 11.9 Å². The maximum Gasteiger partial charge on any atom is 0.321 e. The Labute approximate surface area is 235 Å². The van der Waals surface area contributed by atoms with Crippen LogP contribution >= 0.6 is 11.6 Å². The number of urea groups is 1. The third-order valence-electron chi connectivity index (χ3n) is 6.89. The summed E-state index contributed by atoms with van der Waals surface area (Å²) in [5.41, 5.74) is 3.31.